The Labute approximate surface area is 91.6 Å². The van der Waals surface area contributed by atoms with Crippen molar-refractivity contribution in [2.24, 2.45) is 0 Å². The van der Waals surface area contributed by atoms with E-state index in [0.29, 0.717) is 13.6 Å². The maximum absolute atomic E-state index is 13.0. The molecule has 0 atom stereocenters. The van der Waals surface area contributed by atoms with Crippen LogP contribution >= 0.6 is 38.5 Å². The van der Waals surface area contributed by atoms with Crippen molar-refractivity contribution >= 4 is 44.3 Å². The van der Waals surface area contributed by atoms with Crippen LogP contribution in [0, 0.1) is 9.39 Å². The fraction of sp³-hybridized carbons (Fsp3) is 0.125. The van der Waals surface area contributed by atoms with Gasteiger partial charge in [-0.1, -0.05) is 15.9 Å². The van der Waals surface area contributed by atoms with E-state index in [-0.39, 0.29) is 11.6 Å². The fourth-order valence-electron chi connectivity index (χ4n) is 0.812. The van der Waals surface area contributed by atoms with E-state index in [0.717, 1.165) is 0 Å². The quantitative estimate of drug-likeness (QED) is 0.434. The third-order valence-corrected chi connectivity index (χ3v) is 2.93. The van der Waals surface area contributed by atoms with Crippen LogP contribution in [0.15, 0.2) is 16.6 Å². The Morgan fingerprint density at radius 1 is 1.58 bits per heavy atom. The van der Waals surface area contributed by atoms with E-state index in [2.05, 4.69) is 15.9 Å². The lowest BCUT2D eigenvalue weighted by molar-refractivity contribution is 0.101. The molecule has 1 aromatic rings. The Hall–Kier alpha value is 0.0300. The molecule has 1 nitrogen and oxygen atoms in total. The van der Waals surface area contributed by atoms with Gasteiger partial charge in [0.05, 0.1) is 3.57 Å². The molecular formula is C8H5BrFIO. The van der Waals surface area contributed by atoms with Crippen LogP contribution in [0.5, 0.6) is 0 Å². The lowest BCUT2D eigenvalue weighted by Crippen LogP contribution is -1.98. The number of hydrogen-bond donors (Lipinski definition) is 0. The zero-order valence-electron chi connectivity index (χ0n) is 6.20. The molecule has 0 saturated carbocycles. The van der Waals surface area contributed by atoms with E-state index in [1.807, 2.05) is 22.6 Å². The van der Waals surface area contributed by atoms with Gasteiger partial charge in [0, 0.05) is 10.0 Å². The lowest BCUT2D eigenvalue weighted by Gasteiger charge is -2.01. The largest absolute Gasteiger partial charge is 0.294 e. The molecule has 0 amide bonds. The minimum atomic E-state index is -0.366. The molecule has 0 bridgehead atoms. The molecule has 0 N–H and O–H groups in total. The number of benzene rings is 1. The highest BCUT2D eigenvalue weighted by atomic mass is 127. The van der Waals surface area contributed by atoms with Crippen molar-refractivity contribution in [3.05, 3.63) is 31.6 Å². The predicted octanol–water partition coefficient (Wildman–Crippen LogP) is 3.40. The van der Waals surface area contributed by atoms with E-state index < -0.39 is 0 Å². The minimum absolute atomic E-state index is 0.125. The summed E-state index contributed by atoms with van der Waals surface area (Å²) < 4.78 is 14.0. The monoisotopic (exact) mass is 342 g/mol. The molecule has 0 radical (unpaired) electrons. The Kier molecular flexibility index (Phi) is 3.22. The maximum atomic E-state index is 13.0. The summed E-state index contributed by atoms with van der Waals surface area (Å²) in [4.78, 5) is 11.0. The first-order chi connectivity index (χ1) is 5.52. The summed E-state index contributed by atoms with van der Waals surface area (Å²) in [6.07, 6.45) is 0. The molecule has 0 aliphatic carbocycles. The van der Waals surface area contributed by atoms with Crippen molar-refractivity contribution < 1.29 is 9.18 Å². The molecule has 12 heavy (non-hydrogen) atoms. The average molecular weight is 343 g/mol. The number of carbonyl (C=O) groups excluding carboxylic acids is 1. The van der Waals surface area contributed by atoms with Crippen LogP contribution in [0.25, 0.3) is 0 Å². The maximum Gasteiger partial charge on any atom is 0.161 e. The Balaban J connectivity index is 3.37. The van der Waals surface area contributed by atoms with Crippen LogP contribution in [0.3, 0.4) is 0 Å². The van der Waals surface area contributed by atoms with E-state index in [9.17, 15) is 9.18 Å². The van der Waals surface area contributed by atoms with Gasteiger partial charge < -0.3 is 0 Å². The van der Waals surface area contributed by atoms with Gasteiger partial charge >= 0.3 is 0 Å². The first kappa shape index (κ1) is 10.1. The van der Waals surface area contributed by atoms with Gasteiger partial charge in [-0.05, 0) is 41.6 Å². The van der Waals surface area contributed by atoms with Crippen LogP contribution in [-0.2, 0) is 0 Å². The van der Waals surface area contributed by atoms with Crippen molar-refractivity contribution in [2.45, 2.75) is 6.92 Å². The molecule has 0 aromatic heterocycles. The second-order valence-corrected chi connectivity index (χ2v) is 4.30. The summed E-state index contributed by atoms with van der Waals surface area (Å²) >= 11 is 4.94. The summed E-state index contributed by atoms with van der Waals surface area (Å²) in [7, 11) is 0. The SMILES string of the molecule is CC(=O)c1cc(Br)cc(F)c1I. The Morgan fingerprint density at radius 2 is 2.17 bits per heavy atom. The molecule has 0 aliphatic heterocycles. The van der Waals surface area contributed by atoms with Gasteiger partial charge in [0.1, 0.15) is 5.82 Å². The molecule has 4 heteroatoms. The normalized spacial score (nSPS) is 10.0. The third kappa shape index (κ3) is 2.04. The van der Waals surface area contributed by atoms with Gasteiger partial charge in [-0.2, -0.15) is 0 Å². The molecular weight excluding hydrogens is 338 g/mol. The van der Waals surface area contributed by atoms with E-state index in [1.54, 1.807) is 6.07 Å². The first-order valence-corrected chi connectivity index (χ1v) is 5.05. The number of Topliss-reactive ketones (excluding diaryl/α,β-unsaturated/α-hetero) is 1. The fourth-order valence-corrected chi connectivity index (χ4v) is 1.93. The highest BCUT2D eigenvalue weighted by Crippen LogP contribution is 2.22. The zero-order valence-corrected chi connectivity index (χ0v) is 9.94. The number of carbonyl (C=O) groups is 1. The molecule has 1 rings (SSSR count). The summed E-state index contributed by atoms with van der Waals surface area (Å²) in [5, 5.41) is 0. The van der Waals surface area contributed by atoms with Crippen LogP contribution < -0.4 is 0 Å². The number of ketones is 1. The van der Waals surface area contributed by atoms with Crippen molar-refractivity contribution in [3.8, 4) is 0 Å². The van der Waals surface area contributed by atoms with Crippen LogP contribution in [0.2, 0.25) is 0 Å². The van der Waals surface area contributed by atoms with Gasteiger partial charge in [0.2, 0.25) is 0 Å². The zero-order chi connectivity index (χ0) is 9.30. The lowest BCUT2D eigenvalue weighted by atomic mass is 10.1. The van der Waals surface area contributed by atoms with Gasteiger partial charge in [0.25, 0.3) is 0 Å². The highest BCUT2D eigenvalue weighted by Gasteiger charge is 2.10. The number of halogens is 3. The summed E-state index contributed by atoms with van der Waals surface area (Å²) in [6.45, 7) is 1.42. The second-order valence-electron chi connectivity index (χ2n) is 2.31. The van der Waals surface area contributed by atoms with Crippen LogP contribution in [0.4, 0.5) is 4.39 Å². The number of hydrogen-bond acceptors (Lipinski definition) is 1. The van der Waals surface area contributed by atoms with Crippen molar-refractivity contribution in [1.82, 2.24) is 0 Å². The topological polar surface area (TPSA) is 17.1 Å². The minimum Gasteiger partial charge on any atom is -0.294 e. The summed E-state index contributed by atoms with van der Waals surface area (Å²) in [5.41, 5.74) is 0.419. The molecule has 1 aromatic carbocycles. The first-order valence-electron chi connectivity index (χ1n) is 3.18. The van der Waals surface area contributed by atoms with Crippen LogP contribution in [0.1, 0.15) is 17.3 Å². The molecule has 64 valence electrons. The third-order valence-electron chi connectivity index (χ3n) is 1.37. The van der Waals surface area contributed by atoms with Crippen molar-refractivity contribution in [3.63, 3.8) is 0 Å². The van der Waals surface area contributed by atoms with Gasteiger partial charge in [-0.3, -0.25) is 4.79 Å². The molecule has 0 aliphatic rings. The molecule has 0 spiro atoms. The van der Waals surface area contributed by atoms with Gasteiger partial charge in [-0.25, -0.2) is 4.39 Å². The second kappa shape index (κ2) is 3.83. The molecule has 0 fully saturated rings. The summed E-state index contributed by atoms with van der Waals surface area (Å²) in [6, 6.07) is 2.96. The van der Waals surface area contributed by atoms with E-state index in [4.69, 9.17) is 0 Å². The van der Waals surface area contributed by atoms with E-state index in [1.165, 1.54) is 13.0 Å². The number of rotatable bonds is 1. The average Bonchev–Trinajstić information content (AvgIpc) is 1.96. The molecule has 0 unspecified atom stereocenters. The smallest absolute Gasteiger partial charge is 0.161 e. The van der Waals surface area contributed by atoms with Crippen LogP contribution in [-0.4, -0.2) is 5.78 Å². The van der Waals surface area contributed by atoms with E-state index >= 15 is 0 Å². The molecule has 0 heterocycles. The molecule has 0 saturated heterocycles. The van der Waals surface area contributed by atoms with Crippen molar-refractivity contribution in [1.29, 1.82) is 0 Å². The highest BCUT2D eigenvalue weighted by molar-refractivity contribution is 14.1. The van der Waals surface area contributed by atoms with Gasteiger partial charge in [-0.15, -0.1) is 0 Å². The van der Waals surface area contributed by atoms with Crippen molar-refractivity contribution in [2.75, 3.05) is 0 Å². The van der Waals surface area contributed by atoms with Gasteiger partial charge in [0.15, 0.2) is 5.78 Å². The Bertz CT molecular complexity index is 338. The summed E-state index contributed by atoms with van der Waals surface area (Å²) in [5.74, 6) is -0.491. The Morgan fingerprint density at radius 3 is 2.67 bits per heavy atom. The predicted molar refractivity (Wildman–Crippen MR) is 56.8 cm³/mol. The standard InChI is InChI=1S/C8H5BrFIO/c1-4(12)6-2-5(9)3-7(10)8(6)11/h2-3H,1H3.